The Labute approximate surface area is 141 Å². The third kappa shape index (κ3) is 3.60. The van der Waals surface area contributed by atoms with E-state index in [0.29, 0.717) is 23.1 Å². The van der Waals surface area contributed by atoms with Crippen LogP contribution in [0.3, 0.4) is 0 Å². The molecule has 0 aliphatic rings. The zero-order chi connectivity index (χ0) is 18.0. The van der Waals surface area contributed by atoms with Gasteiger partial charge in [-0.1, -0.05) is 0 Å². The first-order valence-electron chi connectivity index (χ1n) is 7.33. The SMILES string of the molecule is Cn1ccnc1C(=O)c1ccc(NC(=O)c2cc(F)cc(F)c2)cc1. The van der Waals surface area contributed by atoms with Gasteiger partial charge in [0.2, 0.25) is 5.78 Å². The standard InChI is InChI=1S/C18H13F2N3O2/c1-23-7-6-21-17(23)16(24)11-2-4-15(5-3-11)22-18(25)12-8-13(19)10-14(20)9-12/h2-10H,1H3,(H,22,25). The average molecular weight is 341 g/mol. The van der Waals surface area contributed by atoms with Gasteiger partial charge in [-0.15, -0.1) is 0 Å². The van der Waals surface area contributed by atoms with Gasteiger partial charge < -0.3 is 9.88 Å². The van der Waals surface area contributed by atoms with E-state index in [1.165, 1.54) is 18.3 Å². The van der Waals surface area contributed by atoms with E-state index in [2.05, 4.69) is 10.3 Å². The van der Waals surface area contributed by atoms with E-state index in [4.69, 9.17) is 0 Å². The third-order valence-electron chi connectivity index (χ3n) is 3.55. The normalized spacial score (nSPS) is 10.5. The van der Waals surface area contributed by atoms with Crippen LogP contribution in [0.15, 0.2) is 54.9 Å². The Morgan fingerprint density at radius 3 is 2.20 bits per heavy atom. The first-order chi connectivity index (χ1) is 11.9. The van der Waals surface area contributed by atoms with E-state index in [0.717, 1.165) is 12.1 Å². The Balaban J connectivity index is 1.75. The van der Waals surface area contributed by atoms with Gasteiger partial charge in [0, 0.05) is 42.3 Å². The summed E-state index contributed by atoms with van der Waals surface area (Å²) < 4.78 is 27.9. The Hall–Kier alpha value is -3.35. The summed E-state index contributed by atoms with van der Waals surface area (Å²) >= 11 is 0. The van der Waals surface area contributed by atoms with Crippen LogP contribution < -0.4 is 5.32 Å². The van der Waals surface area contributed by atoms with E-state index < -0.39 is 17.5 Å². The molecule has 0 atom stereocenters. The van der Waals surface area contributed by atoms with Crippen LogP contribution in [0.1, 0.15) is 26.5 Å². The van der Waals surface area contributed by atoms with Gasteiger partial charge in [0.05, 0.1) is 0 Å². The summed E-state index contributed by atoms with van der Waals surface area (Å²) in [5, 5.41) is 2.52. The highest BCUT2D eigenvalue weighted by Gasteiger charge is 2.14. The molecule has 1 aromatic heterocycles. The highest BCUT2D eigenvalue weighted by molar-refractivity contribution is 6.07. The highest BCUT2D eigenvalue weighted by atomic mass is 19.1. The lowest BCUT2D eigenvalue weighted by Crippen LogP contribution is -2.13. The van der Waals surface area contributed by atoms with Crippen LogP contribution in [0.5, 0.6) is 0 Å². The van der Waals surface area contributed by atoms with Crippen molar-refractivity contribution in [1.82, 2.24) is 9.55 Å². The van der Waals surface area contributed by atoms with Crippen LogP contribution in [0, 0.1) is 11.6 Å². The molecule has 0 bridgehead atoms. The van der Waals surface area contributed by atoms with Gasteiger partial charge in [0.25, 0.3) is 5.91 Å². The lowest BCUT2D eigenvalue weighted by atomic mass is 10.1. The fraction of sp³-hybridized carbons (Fsp3) is 0.0556. The molecule has 3 rings (SSSR count). The molecule has 1 N–H and O–H groups in total. The summed E-state index contributed by atoms with van der Waals surface area (Å²) in [5.74, 6) is -2.27. The number of aryl methyl sites for hydroxylation is 1. The number of carbonyl (C=O) groups is 2. The number of anilines is 1. The lowest BCUT2D eigenvalue weighted by Gasteiger charge is -2.07. The molecule has 0 fully saturated rings. The maximum absolute atomic E-state index is 13.2. The molecular formula is C18H13F2N3O2. The second-order valence-electron chi connectivity index (χ2n) is 5.38. The molecule has 0 unspecified atom stereocenters. The fourth-order valence-corrected chi connectivity index (χ4v) is 2.31. The average Bonchev–Trinajstić information content (AvgIpc) is 3.00. The van der Waals surface area contributed by atoms with Crippen LogP contribution in [0.2, 0.25) is 0 Å². The van der Waals surface area contributed by atoms with Crippen molar-refractivity contribution in [2.24, 2.45) is 7.05 Å². The second-order valence-corrected chi connectivity index (χ2v) is 5.38. The number of hydrogen-bond donors (Lipinski definition) is 1. The number of rotatable bonds is 4. The molecule has 0 radical (unpaired) electrons. The van der Waals surface area contributed by atoms with Crippen LogP contribution in [0.25, 0.3) is 0 Å². The predicted molar refractivity (Wildman–Crippen MR) is 87.4 cm³/mol. The Kier molecular flexibility index (Phi) is 4.38. The van der Waals surface area contributed by atoms with Crippen LogP contribution in [0.4, 0.5) is 14.5 Å². The van der Waals surface area contributed by atoms with E-state index in [9.17, 15) is 18.4 Å². The number of amides is 1. The number of ketones is 1. The second kappa shape index (κ2) is 6.64. The summed E-state index contributed by atoms with van der Waals surface area (Å²) in [6.45, 7) is 0. The first-order valence-corrected chi connectivity index (χ1v) is 7.33. The number of carbonyl (C=O) groups excluding carboxylic acids is 2. The van der Waals surface area contributed by atoms with Gasteiger partial charge in [-0.2, -0.15) is 0 Å². The fourth-order valence-electron chi connectivity index (χ4n) is 2.31. The van der Waals surface area contributed by atoms with Crippen molar-refractivity contribution in [1.29, 1.82) is 0 Å². The number of nitrogens with zero attached hydrogens (tertiary/aromatic N) is 2. The molecular weight excluding hydrogens is 328 g/mol. The van der Waals surface area contributed by atoms with Crippen molar-refractivity contribution in [3.05, 3.63) is 83.4 Å². The van der Waals surface area contributed by atoms with Gasteiger partial charge in [0.1, 0.15) is 11.6 Å². The van der Waals surface area contributed by atoms with Crippen LogP contribution in [-0.4, -0.2) is 21.2 Å². The van der Waals surface area contributed by atoms with Crippen molar-refractivity contribution in [2.75, 3.05) is 5.32 Å². The molecule has 2 aromatic carbocycles. The third-order valence-corrected chi connectivity index (χ3v) is 3.55. The maximum Gasteiger partial charge on any atom is 0.255 e. The summed E-state index contributed by atoms with van der Waals surface area (Å²) in [4.78, 5) is 28.3. The zero-order valence-corrected chi connectivity index (χ0v) is 13.2. The Morgan fingerprint density at radius 1 is 1.00 bits per heavy atom. The van der Waals surface area contributed by atoms with Gasteiger partial charge >= 0.3 is 0 Å². The number of halogens is 2. The lowest BCUT2D eigenvalue weighted by molar-refractivity contribution is 0.101. The van der Waals surface area contributed by atoms with Gasteiger partial charge in [-0.25, -0.2) is 13.8 Å². The van der Waals surface area contributed by atoms with Crippen molar-refractivity contribution in [2.45, 2.75) is 0 Å². The maximum atomic E-state index is 13.2. The van der Waals surface area contributed by atoms with Gasteiger partial charge in [0.15, 0.2) is 5.82 Å². The zero-order valence-electron chi connectivity index (χ0n) is 13.2. The van der Waals surface area contributed by atoms with E-state index in [-0.39, 0.29) is 11.3 Å². The van der Waals surface area contributed by atoms with Crippen molar-refractivity contribution in [3.63, 3.8) is 0 Å². The summed E-state index contributed by atoms with van der Waals surface area (Å²) in [5.41, 5.74) is 0.667. The number of benzene rings is 2. The summed E-state index contributed by atoms with van der Waals surface area (Å²) in [6, 6.07) is 8.72. The van der Waals surface area contributed by atoms with E-state index >= 15 is 0 Å². The number of hydrogen-bond acceptors (Lipinski definition) is 3. The predicted octanol–water partition coefficient (Wildman–Crippen LogP) is 3.18. The van der Waals surface area contributed by atoms with Crippen molar-refractivity contribution < 1.29 is 18.4 Å². The molecule has 25 heavy (non-hydrogen) atoms. The summed E-state index contributed by atoms with van der Waals surface area (Å²) in [7, 11) is 1.72. The van der Waals surface area contributed by atoms with Crippen molar-refractivity contribution in [3.8, 4) is 0 Å². The molecule has 3 aromatic rings. The molecule has 7 heteroatoms. The molecule has 1 heterocycles. The van der Waals surface area contributed by atoms with Gasteiger partial charge in [-0.05, 0) is 36.4 Å². The molecule has 5 nitrogen and oxygen atoms in total. The molecule has 0 saturated heterocycles. The highest BCUT2D eigenvalue weighted by Crippen LogP contribution is 2.15. The topological polar surface area (TPSA) is 64.0 Å². The first kappa shape index (κ1) is 16.5. The molecule has 0 saturated carbocycles. The van der Waals surface area contributed by atoms with Crippen LogP contribution >= 0.6 is 0 Å². The minimum Gasteiger partial charge on any atom is -0.331 e. The molecule has 126 valence electrons. The van der Waals surface area contributed by atoms with E-state index in [1.54, 1.807) is 29.9 Å². The smallest absolute Gasteiger partial charge is 0.255 e. The molecule has 1 amide bonds. The molecule has 0 aliphatic carbocycles. The quantitative estimate of drug-likeness (QED) is 0.741. The summed E-state index contributed by atoms with van der Waals surface area (Å²) in [6.07, 6.45) is 3.19. The largest absolute Gasteiger partial charge is 0.331 e. The Bertz CT molecular complexity index is 929. The number of imidazole rings is 1. The van der Waals surface area contributed by atoms with Crippen LogP contribution in [-0.2, 0) is 7.05 Å². The van der Waals surface area contributed by atoms with Gasteiger partial charge in [-0.3, -0.25) is 9.59 Å². The van der Waals surface area contributed by atoms with E-state index in [1.807, 2.05) is 0 Å². The number of aromatic nitrogens is 2. The Morgan fingerprint density at radius 2 is 1.64 bits per heavy atom. The monoisotopic (exact) mass is 341 g/mol. The minimum absolute atomic E-state index is 0.134. The minimum atomic E-state index is -0.832. The number of nitrogens with one attached hydrogen (secondary N) is 1. The van der Waals surface area contributed by atoms with Crippen molar-refractivity contribution >= 4 is 17.4 Å². The molecule has 0 spiro atoms. The molecule has 0 aliphatic heterocycles.